The molecule has 0 spiro atoms. The highest BCUT2D eigenvalue weighted by atomic mass is 35.5. The molecule has 0 heterocycles. The number of ether oxygens (including phenoxy) is 2. The van der Waals surface area contributed by atoms with Crippen molar-refractivity contribution in [2.45, 2.75) is 6.92 Å². The van der Waals surface area contributed by atoms with E-state index in [2.05, 4.69) is 0 Å². The highest BCUT2D eigenvalue weighted by Crippen LogP contribution is 2.23. The lowest BCUT2D eigenvalue weighted by Gasteiger charge is -2.08. The van der Waals surface area contributed by atoms with Gasteiger partial charge in [-0.15, -0.1) is 0 Å². The summed E-state index contributed by atoms with van der Waals surface area (Å²) in [5, 5.41) is 0.634. The first-order valence-corrected chi connectivity index (χ1v) is 8.25. The number of carbonyl (C=O) groups excluding carboxylic acids is 1. The molecule has 0 saturated carbocycles. The van der Waals surface area contributed by atoms with Gasteiger partial charge in [0.05, 0.1) is 0 Å². The molecule has 3 rings (SSSR count). The minimum atomic E-state index is -0.464. The van der Waals surface area contributed by atoms with Crippen molar-refractivity contribution in [2.24, 2.45) is 0 Å². The molecular formula is C21H17ClO3. The molecule has 3 aromatic carbocycles. The highest BCUT2D eigenvalue weighted by molar-refractivity contribution is 6.31. The summed E-state index contributed by atoms with van der Waals surface area (Å²) in [4.78, 5) is 11.9. The van der Waals surface area contributed by atoms with Crippen LogP contribution in [0.25, 0.3) is 11.1 Å². The van der Waals surface area contributed by atoms with Crippen LogP contribution in [0, 0.1) is 6.92 Å². The Bertz CT molecular complexity index is 858. The number of halogens is 1. The average Bonchev–Trinajstić information content (AvgIpc) is 2.64. The SMILES string of the molecule is Cc1cc(OC(=O)COc2ccc(-c3ccccc3)cc2)ccc1Cl. The van der Waals surface area contributed by atoms with Gasteiger partial charge >= 0.3 is 5.97 Å². The van der Waals surface area contributed by atoms with Crippen molar-refractivity contribution >= 4 is 17.6 Å². The second-order valence-electron chi connectivity index (χ2n) is 5.56. The summed E-state index contributed by atoms with van der Waals surface area (Å²) in [6.07, 6.45) is 0. The number of carbonyl (C=O) groups is 1. The molecule has 0 aliphatic carbocycles. The second kappa shape index (κ2) is 7.86. The Balaban J connectivity index is 1.56. The number of hydrogen-bond donors (Lipinski definition) is 0. The maximum atomic E-state index is 11.9. The average molecular weight is 353 g/mol. The van der Waals surface area contributed by atoms with Gasteiger partial charge in [-0.3, -0.25) is 0 Å². The summed E-state index contributed by atoms with van der Waals surface area (Å²) < 4.78 is 10.7. The Hall–Kier alpha value is -2.78. The minimum absolute atomic E-state index is 0.160. The van der Waals surface area contributed by atoms with E-state index in [-0.39, 0.29) is 6.61 Å². The van der Waals surface area contributed by atoms with Crippen LogP contribution in [0.15, 0.2) is 72.8 Å². The predicted molar refractivity (Wildman–Crippen MR) is 99.2 cm³/mol. The molecule has 0 N–H and O–H groups in total. The fourth-order valence-corrected chi connectivity index (χ4v) is 2.48. The van der Waals surface area contributed by atoms with Crippen molar-refractivity contribution in [1.82, 2.24) is 0 Å². The zero-order valence-electron chi connectivity index (χ0n) is 13.7. The highest BCUT2D eigenvalue weighted by Gasteiger charge is 2.08. The van der Waals surface area contributed by atoms with Crippen LogP contribution in [-0.2, 0) is 4.79 Å². The Morgan fingerprint density at radius 1 is 0.880 bits per heavy atom. The number of hydrogen-bond acceptors (Lipinski definition) is 3. The second-order valence-corrected chi connectivity index (χ2v) is 5.97. The number of rotatable bonds is 5. The third-order valence-electron chi connectivity index (χ3n) is 3.68. The molecule has 3 aromatic rings. The van der Waals surface area contributed by atoms with E-state index in [9.17, 15) is 4.79 Å². The van der Waals surface area contributed by atoms with Crippen molar-refractivity contribution in [3.8, 4) is 22.6 Å². The zero-order valence-corrected chi connectivity index (χ0v) is 14.5. The lowest BCUT2D eigenvalue weighted by Crippen LogP contribution is -2.17. The fourth-order valence-electron chi connectivity index (χ4n) is 2.36. The van der Waals surface area contributed by atoms with Gasteiger partial charge in [0.1, 0.15) is 11.5 Å². The monoisotopic (exact) mass is 352 g/mol. The van der Waals surface area contributed by atoms with Crippen molar-refractivity contribution in [3.63, 3.8) is 0 Å². The smallest absolute Gasteiger partial charge is 0.349 e. The molecule has 0 aliphatic rings. The topological polar surface area (TPSA) is 35.5 Å². The number of benzene rings is 3. The molecule has 0 atom stereocenters. The minimum Gasteiger partial charge on any atom is -0.482 e. The molecule has 0 saturated heterocycles. The van der Waals surface area contributed by atoms with Gasteiger partial charge in [0.2, 0.25) is 0 Å². The van der Waals surface area contributed by atoms with Gasteiger partial charge < -0.3 is 9.47 Å². The normalized spacial score (nSPS) is 10.3. The van der Waals surface area contributed by atoms with Gasteiger partial charge in [-0.1, -0.05) is 54.1 Å². The molecule has 0 radical (unpaired) electrons. The van der Waals surface area contributed by atoms with Crippen LogP contribution < -0.4 is 9.47 Å². The molecule has 0 aliphatic heterocycles. The molecule has 0 bridgehead atoms. The molecule has 0 amide bonds. The maximum absolute atomic E-state index is 11.9. The maximum Gasteiger partial charge on any atom is 0.349 e. The van der Waals surface area contributed by atoms with Crippen molar-refractivity contribution in [2.75, 3.05) is 6.61 Å². The van der Waals surface area contributed by atoms with Crippen molar-refractivity contribution in [1.29, 1.82) is 0 Å². The van der Waals surface area contributed by atoms with Crippen LogP contribution in [0.5, 0.6) is 11.5 Å². The van der Waals surface area contributed by atoms with Crippen LogP contribution in [0.1, 0.15) is 5.56 Å². The quantitative estimate of drug-likeness (QED) is 0.461. The molecular weight excluding hydrogens is 336 g/mol. The van der Waals surface area contributed by atoms with E-state index in [1.807, 2.05) is 61.5 Å². The van der Waals surface area contributed by atoms with Gasteiger partial charge in [-0.2, -0.15) is 0 Å². The van der Waals surface area contributed by atoms with E-state index in [1.165, 1.54) is 0 Å². The first-order chi connectivity index (χ1) is 12.1. The lowest BCUT2D eigenvalue weighted by atomic mass is 10.1. The van der Waals surface area contributed by atoms with Crippen LogP contribution in [0.2, 0.25) is 5.02 Å². The van der Waals surface area contributed by atoms with Gasteiger partial charge in [-0.05, 0) is 53.9 Å². The van der Waals surface area contributed by atoms with Crippen LogP contribution >= 0.6 is 11.6 Å². The third kappa shape index (κ3) is 4.61. The Morgan fingerprint density at radius 3 is 2.20 bits per heavy atom. The van der Waals surface area contributed by atoms with Crippen molar-refractivity contribution in [3.05, 3.63) is 83.4 Å². The number of aryl methyl sites for hydroxylation is 1. The summed E-state index contributed by atoms with van der Waals surface area (Å²) in [6.45, 7) is 1.69. The first kappa shape index (κ1) is 17.1. The summed E-state index contributed by atoms with van der Waals surface area (Å²) in [5.74, 6) is 0.604. The van der Waals surface area contributed by atoms with Crippen LogP contribution in [0.3, 0.4) is 0 Å². The zero-order chi connectivity index (χ0) is 17.6. The van der Waals surface area contributed by atoms with E-state index < -0.39 is 5.97 Å². The summed E-state index contributed by atoms with van der Waals surface area (Å²) in [6, 6.07) is 22.7. The predicted octanol–water partition coefficient (Wildman–Crippen LogP) is 5.30. The van der Waals surface area contributed by atoms with E-state index in [0.717, 1.165) is 16.7 Å². The Labute approximate surface area is 151 Å². The summed E-state index contributed by atoms with van der Waals surface area (Å²) >= 11 is 5.95. The first-order valence-electron chi connectivity index (χ1n) is 7.87. The van der Waals surface area contributed by atoms with Gasteiger partial charge in [0.15, 0.2) is 6.61 Å². The standard InChI is InChI=1S/C21H17ClO3/c1-15-13-19(11-12-20(15)22)25-21(23)14-24-18-9-7-17(8-10-18)16-5-3-2-4-6-16/h2-13H,14H2,1H3. The van der Waals surface area contributed by atoms with Crippen LogP contribution in [-0.4, -0.2) is 12.6 Å². The van der Waals surface area contributed by atoms with E-state index >= 15 is 0 Å². The molecule has 126 valence electrons. The van der Waals surface area contributed by atoms with E-state index in [1.54, 1.807) is 18.2 Å². The number of esters is 1. The third-order valence-corrected chi connectivity index (χ3v) is 4.10. The molecule has 0 aromatic heterocycles. The van der Waals surface area contributed by atoms with Crippen molar-refractivity contribution < 1.29 is 14.3 Å². The summed E-state index contributed by atoms with van der Waals surface area (Å²) in [7, 11) is 0. The van der Waals surface area contributed by atoms with E-state index in [0.29, 0.717) is 16.5 Å². The van der Waals surface area contributed by atoms with Gasteiger partial charge in [0.25, 0.3) is 0 Å². The van der Waals surface area contributed by atoms with E-state index in [4.69, 9.17) is 21.1 Å². The van der Waals surface area contributed by atoms with Gasteiger partial charge in [-0.25, -0.2) is 4.79 Å². The van der Waals surface area contributed by atoms with Gasteiger partial charge in [0, 0.05) is 5.02 Å². The molecule has 3 nitrogen and oxygen atoms in total. The fraction of sp³-hybridized carbons (Fsp3) is 0.0952. The summed E-state index contributed by atoms with van der Waals surface area (Å²) in [5.41, 5.74) is 3.07. The Kier molecular flexibility index (Phi) is 5.36. The molecule has 0 unspecified atom stereocenters. The molecule has 4 heteroatoms. The molecule has 0 fully saturated rings. The lowest BCUT2D eigenvalue weighted by molar-refractivity contribution is -0.136. The van der Waals surface area contributed by atoms with Crippen LogP contribution in [0.4, 0.5) is 0 Å². The molecule has 25 heavy (non-hydrogen) atoms. The Morgan fingerprint density at radius 2 is 1.52 bits per heavy atom. The largest absolute Gasteiger partial charge is 0.482 e.